The number of piperidine rings is 1. The van der Waals surface area contributed by atoms with E-state index in [9.17, 15) is 13.2 Å². The van der Waals surface area contributed by atoms with Crippen molar-refractivity contribution in [2.75, 3.05) is 24.6 Å². The van der Waals surface area contributed by atoms with Gasteiger partial charge < -0.3 is 10.6 Å². The van der Waals surface area contributed by atoms with Gasteiger partial charge in [-0.3, -0.25) is 4.79 Å². The van der Waals surface area contributed by atoms with Crippen molar-refractivity contribution in [3.63, 3.8) is 0 Å². The van der Waals surface area contributed by atoms with E-state index in [0.29, 0.717) is 18.9 Å². The number of hydrogen-bond donors (Lipinski definition) is 2. The van der Waals surface area contributed by atoms with Gasteiger partial charge in [-0.2, -0.15) is 0 Å². The van der Waals surface area contributed by atoms with Crippen LogP contribution < -0.4 is 10.6 Å². The fourth-order valence-electron chi connectivity index (χ4n) is 2.81. The molecule has 0 aromatic heterocycles. The summed E-state index contributed by atoms with van der Waals surface area (Å²) in [5.41, 5.74) is 0. The van der Waals surface area contributed by atoms with Crippen molar-refractivity contribution < 1.29 is 13.2 Å². The number of sulfone groups is 1. The van der Waals surface area contributed by atoms with Crippen LogP contribution in [0.25, 0.3) is 0 Å². The highest BCUT2D eigenvalue weighted by molar-refractivity contribution is 7.91. The van der Waals surface area contributed by atoms with Gasteiger partial charge in [-0.05, 0) is 31.7 Å². The summed E-state index contributed by atoms with van der Waals surface area (Å²) >= 11 is 0. The highest BCUT2D eigenvalue weighted by Gasteiger charge is 2.30. The molecule has 0 saturated carbocycles. The molecule has 2 N–H and O–H groups in total. The summed E-state index contributed by atoms with van der Waals surface area (Å²) < 4.78 is 23.0. The first-order valence-electron chi connectivity index (χ1n) is 6.68. The van der Waals surface area contributed by atoms with Crippen molar-refractivity contribution in [3.8, 4) is 0 Å². The average Bonchev–Trinajstić information content (AvgIpc) is 2.27. The van der Waals surface area contributed by atoms with Crippen LogP contribution in [0.2, 0.25) is 0 Å². The van der Waals surface area contributed by atoms with Crippen LogP contribution >= 0.6 is 0 Å². The van der Waals surface area contributed by atoms with Crippen LogP contribution in [-0.4, -0.2) is 45.0 Å². The summed E-state index contributed by atoms with van der Waals surface area (Å²) in [4.78, 5) is 12.1. The fourth-order valence-corrected chi connectivity index (χ4v) is 4.45. The topological polar surface area (TPSA) is 75.3 Å². The molecule has 1 amide bonds. The maximum absolute atomic E-state index is 12.1. The fraction of sp³-hybridized carbons (Fsp3) is 0.917. The van der Waals surface area contributed by atoms with Gasteiger partial charge in [-0.15, -0.1) is 0 Å². The van der Waals surface area contributed by atoms with Crippen molar-refractivity contribution in [3.05, 3.63) is 0 Å². The van der Waals surface area contributed by atoms with Crippen molar-refractivity contribution >= 4 is 15.7 Å². The maximum atomic E-state index is 12.1. The number of hydrogen-bond acceptors (Lipinski definition) is 4. The Morgan fingerprint density at radius 3 is 2.78 bits per heavy atom. The molecule has 3 atom stereocenters. The van der Waals surface area contributed by atoms with E-state index in [1.54, 1.807) is 0 Å². The molecule has 0 aromatic rings. The first kappa shape index (κ1) is 13.8. The predicted octanol–water partition coefficient (Wildman–Crippen LogP) is -0.0746. The third-order valence-electron chi connectivity index (χ3n) is 3.75. The molecular weight excluding hydrogens is 252 g/mol. The van der Waals surface area contributed by atoms with Crippen LogP contribution in [0.1, 0.15) is 26.2 Å². The summed E-state index contributed by atoms with van der Waals surface area (Å²) in [5, 5.41) is 6.15. The van der Waals surface area contributed by atoms with Crippen LogP contribution in [-0.2, 0) is 14.6 Å². The van der Waals surface area contributed by atoms with Crippen LogP contribution in [0.5, 0.6) is 0 Å². The third kappa shape index (κ3) is 3.68. The molecule has 2 fully saturated rings. The maximum Gasteiger partial charge on any atom is 0.224 e. The Bertz CT molecular complexity index is 408. The zero-order valence-electron chi connectivity index (χ0n) is 10.8. The zero-order valence-corrected chi connectivity index (χ0v) is 11.6. The molecule has 3 unspecified atom stereocenters. The van der Waals surface area contributed by atoms with Crippen molar-refractivity contribution in [1.29, 1.82) is 0 Å². The molecule has 0 aromatic carbocycles. The van der Waals surface area contributed by atoms with Crippen molar-refractivity contribution in [1.82, 2.24) is 10.6 Å². The largest absolute Gasteiger partial charge is 0.352 e. The van der Waals surface area contributed by atoms with Gasteiger partial charge in [0.05, 0.1) is 17.4 Å². The van der Waals surface area contributed by atoms with Gasteiger partial charge in [0.2, 0.25) is 5.91 Å². The molecule has 2 aliphatic heterocycles. The van der Waals surface area contributed by atoms with E-state index in [0.717, 1.165) is 19.4 Å². The standard InChI is InChI=1S/C12H22N2O3S/c1-9-5-10(7-13-6-9)12(15)14-11-3-2-4-18(16,17)8-11/h9-11,13H,2-8H2,1H3,(H,14,15). The van der Waals surface area contributed by atoms with E-state index in [2.05, 4.69) is 17.6 Å². The number of carbonyl (C=O) groups excluding carboxylic acids is 1. The summed E-state index contributed by atoms with van der Waals surface area (Å²) in [6, 6.07) is -0.187. The summed E-state index contributed by atoms with van der Waals surface area (Å²) in [7, 11) is -2.95. The lowest BCUT2D eigenvalue weighted by molar-refractivity contribution is -0.126. The summed E-state index contributed by atoms with van der Waals surface area (Å²) in [5.74, 6) is 0.870. The van der Waals surface area contributed by atoms with E-state index in [1.807, 2.05) is 0 Å². The number of carbonyl (C=O) groups is 1. The Morgan fingerprint density at radius 2 is 2.11 bits per heavy atom. The molecule has 5 nitrogen and oxygen atoms in total. The minimum absolute atomic E-state index is 0.0103. The van der Waals surface area contributed by atoms with Crippen LogP contribution in [0, 0.1) is 11.8 Å². The Kier molecular flexibility index (Phi) is 4.27. The van der Waals surface area contributed by atoms with Crippen molar-refractivity contribution in [2.24, 2.45) is 11.8 Å². The molecule has 18 heavy (non-hydrogen) atoms. The second kappa shape index (κ2) is 5.57. The molecule has 0 radical (unpaired) electrons. The van der Waals surface area contributed by atoms with Gasteiger partial charge in [0, 0.05) is 12.6 Å². The minimum atomic E-state index is -2.95. The van der Waals surface area contributed by atoms with Crippen LogP contribution in [0.15, 0.2) is 0 Å². The van der Waals surface area contributed by atoms with Gasteiger partial charge in [-0.1, -0.05) is 6.92 Å². The average molecular weight is 274 g/mol. The molecule has 0 bridgehead atoms. The lowest BCUT2D eigenvalue weighted by atomic mass is 9.91. The number of rotatable bonds is 2. The van der Waals surface area contributed by atoms with Crippen LogP contribution in [0.3, 0.4) is 0 Å². The second-order valence-electron chi connectivity index (χ2n) is 5.66. The minimum Gasteiger partial charge on any atom is -0.352 e. The smallest absolute Gasteiger partial charge is 0.224 e. The Morgan fingerprint density at radius 1 is 1.33 bits per heavy atom. The number of amides is 1. The van der Waals surface area contributed by atoms with E-state index in [1.165, 1.54) is 0 Å². The first-order chi connectivity index (χ1) is 8.46. The van der Waals surface area contributed by atoms with Gasteiger partial charge in [0.15, 0.2) is 9.84 Å². The summed E-state index contributed by atoms with van der Waals surface area (Å²) in [6.07, 6.45) is 2.32. The molecule has 0 spiro atoms. The molecule has 0 aliphatic carbocycles. The van der Waals surface area contributed by atoms with Gasteiger partial charge in [0.25, 0.3) is 0 Å². The highest BCUT2D eigenvalue weighted by Crippen LogP contribution is 2.17. The third-order valence-corrected chi connectivity index (χ3v) is 5.57. The molecular formula is C12H22N2O3S. The van der Waals surface area contributed by atoms with E-state index in [-0.39, 0.29) is 29.4 Å². The normalized spacial score (nSPS) is 35.9. The monoisotopic (exact) mass is 274 g/mol. The van der Waals surface area contributed by atoms with Gasteiger partial charge >= 0.3 is 0 Å². The molecule has 2 aliphatic rings. The lowest BCUT2D eigenvalue weighted by Crippen LogP contribution is -2.49. The predicted molar refractivity (Wildman–Crippen MR) is 70.0 cm³/mol. The quantitative estimate of drug-likeness (QED) is 0.739. The van der Waals surface area contributed by atoms with Gasteiger partial charge in [-0.25, -0.2) is 8.42 Å². The van der Waals surface area contributed by atoms with E-state index in [4.69, 9.17) is 0 Å². The number of nitrogens with one attached hydrogen (secondary N) is 2. The zero-order chi connectivity index (χ0) is 13.2. The lowest BCUT2D eigenvalue weighted by Gasteiger charge is -2.29. The Labute approximate surface area is 109 Å². The van der Waals surface area contributed by atoms with E-state index >= 15 is 0 Å². The summed E-state index contributed by atoms with van der Waals surface area (Å²) in [6.45, 7) is 3.79. The first-order valence-corrected chi connectivity index (χ1v) is 8.50. The van der Waals surface area contributed by atoms with Crippen molar-refractivity contribution in [2.45, 2.75) is 32.2 Å². The second-order valence-corrected chi connectivity index (χ2v) is 7.89. The Balaban J connectivity index is 1.87. The molecule has 2 saturated heterocycles. The van der Waals surface area contributed by atoms with Crippen LogP contribution in [0.4, 0.5) is 0 Å². The molecule has 6 heteroatoms. The SMILES string of the molecule is CC1CNCC(C(=O)NC2CCCS(=O)(=O)C2)C1. The molecule has 104 valence electrons. The molecule has 2 heterocycles. The van der Waals surface area contributed by atoms with E-state index < -0.39 is 9.84 Å². The Hall–Kier alpha value is -0.620. The highest BCUT2D eigenvalue weighted by atomic mass is 32.2. The van der Waals surface area contributed by atoms with Gasteiger partial charge in [0.1, 0.15) is 0 Å². The molecule has 2 rings (SSSR count).